The molecule has 2 N–H and O–H groups in total. The van der Waals surface area contributed by atoms with Crippen LogP contribution in [0.3, 0.4) is 0 Å². The van der Waals surface area contributed by atoms with Crippen molar-refractivity contribution in [2.45, 2.75) is 6.54 Å². The molecule has 0 saturated carbocycles. The zero-order valence-corrected chi connectivity index (χ0v) is 10.7. The Kier molecular flexibility index (Phi) is 2.90. The Morgan fingerprint density at radius 2 is 2.14 bits per heavy atom. The minimum absolute atomic E-state index is 0.0275. The molecule has 2 heterocycles. The summed E-state index contributed by atoms with van der Waals surface area (Å²) in [5.74, 6) is -0.588. The molecule has 0 bridgehead atoms. The van der Waals surface area contributed by atoms with Gasteiger partial charge in [0.25, 0.3) is 5.69 Å². The molecule has 0 fully saturated rings. The van der Waals surface area contributed by atoms with Crippen molar-refractivity contribution in [1.29, 1.82) is 0 Å². The fourth-order valence-corrected chi connectivity index (χ4v) is 2.11. The maximum absolute atomic E-state index is 11.9. The second-order valence-corrected chi connectivity index (χ2v) is 4.39. The highest BCUT2D eigenvalue weighted by atomic mass is 16.6. The quantitative estimate of drug-likeness (QED) is 0.443. The van der Waals surface area contributed by atoms with Gasteiger partial charge >= 0.3 is 5.76 Å². The van der Waals surface area contributed by atoms with Crippen LogP contribution in [0.4, 0.5) is 11.4 Å². The molecule has 0 unspecified atom stereocenters. The van der Waals surface area contributed by atoms with Crippen LogP contribution in [-0.4, -0.2) is 14.5 Å². The third-order valence-electron chi connectivity index (χ3n) is 3.12. The van der Waals surface area contributed by atoms with E-state index in [0.29, 0.717) is 16.8 Å². The zero-order valence-electron chi connectivity index (χ0n) is 10.7. The smallest absolute Gasteiger partial charge is 0.406 e. The van der Waals surface area contributed by atoms with E-state index in [-0.39, 0.29) is 17.9 Å². The Morgan fingerprint density at radius 3 is 2.90 bits per heavy atom. The van der Waals surface area contributed by atoms with Gasteiger partial charge in [-0.05, 0) is 12.1 Å². The lowest BCUT2D eigenvalue weighted by Gasteiger charge is -2.06. The molecule has 8 nitrogen and oxygen atoms in total. The van der Waals surface area contributed by atoms with Gasteiger partial charge in [-0.1, -0.05) is 12.1 Å². The average Bonchev–Trinajstić information content (AvgIpc) is 2.77. The molecule has 0 amide bonds. The molecule has 3 aromatic rings. The largest absolute Gasteiger partial charge is 0.421 e. The molecule has 0 aliphatic rings. The lowest BCUT2D eigenvalue weighted by molar-refractivity contribution is -0.383. The summed E-state index contributed by atoms with van der Waals surface area (Å²) in [6, 6.07) is 7.73. The van der Waals surface area contributed by atoms with Crippen LogP contribution in [0.15, 0.2) is 45.7 Å². The van der Waals surface area contributed by atoms with Gasteiger partial charge in [0.1, 0.15) is 5.69 Å². The summed E-state index contributed by atoms with van der Waals surface area (Å²) >= 11 is 0. The predicted octanol–water partition coefficient (Wildman–Crippen LogP) is 1.53. The lowest BCUT2D eigenvalue weighted by atomic mass is 10.1. The number of fused-ring (bicyclic) bond motifs is 1. The summed E-state index contributed by atoms with van der Waals surface area (Å²) in [5, 5.41) is 10.9. The first-order valence-electron chi connectivity index (χ1n) is 6.04. The lowest BCUT2D eigenvalue weighted by Crippen LogP contribution is -2.16. The first-order chi connectivity index (χ1) is 10.1. The van der Waals surface area contributed by atoms with Crippen molar-refractivity contribution >= 4 is 22.6 Å². The van der Waals surface area contributed by atoms with Crippen LogP contribution in [0.25, 0.3) is 11.2 Å². The van der Waals surface area contributed by atoms with Gasteiger partial charge in [-0.25, -0.2) is 9.78 Å². The number of nitro groups is 1. The van der Waals surface area contributed by atoms with Gasteiger partial charge in [0.05, 0.1) is 11.5 Å². The summed E-state index contributed by atoms with van der Waals surface area (Å²) in [7, 11) is 0. The minimum atomic E-state index is -0.588. The zero-order chi connectivity index (χ0) is 15.0. The molecule has 8 heteroatoms. The maximum Gasteiger partial charge on any atom is 0.421 e. The normalized spacial score (nSPS) is 10.9. The van der Waals surface area contributed by atoms with Crippen LogP contribution in [-0.2, 0) is 6.54 Å². The van der Waals surface area contributed by atoms with Crippen LogP contribution < -0.4 is 11.5 Å². The number of nitrogen functional groups attached to an aromatic ring is 1. The molecular weight excluding hydrogens is 276 g/mol. The van der Waals surface area contributed by atoms with E-state index in [4.69, 9.17) is 10.2 Å². The maximum atomic E-state index is 11.9. The van der Waals surface area contributed by atoms with Crippen LogP contribution in [0.1, 0.15) is 5.56 Å². The summed E-state index contributed by atoms with van der Waals surface area (Å²) in [6.45, 7) is 0.0519. The van der Waals surface area contributed by atoms with Crippen molar-refractivity contribution in [2.24, 2.45) is 0 Å². The number of aromatic nitrogens is 2. The molecule has 21 heavy (non-hydrogen) atoms. The third-order valence-corrected chi connectivity index (χ3v) is 3.12. The van der Waals surface area contributed by atoms with E-state index in [1.165, 1.54) is 22.9 Å². The van der Waals surface area contributed by atoms with E-state index >= 15 is 0 Å². The van der Waals surface area contributed by atoms with E-state index in [1.807, 2.05) is 0 Å². The van der Waals surface area contributed by atoms with Gasteiger partial charge in [0.2, 0.25) is 0 Å². The summed E-state index contributed by atoms with van der Waals surface area (Å²) < 4.78 is 6.34. The van der Waals surface area contributed by atoms with Gasteiger partial charge in [-0.3, -0.25) is 14.7 Å². The number of benzene rings is 1. The predicted molar refractivity (Wildman–Crippen MR) is 74.9 cm³/mol. The van der Waals surface area contributed by atoms with Gasteiger partial charge in [-0.15, -0.1) is 0 Å². The average molecular weight is 286 g/mol. The van der Waals surface area contributed by atoms with E-state index < -0.39 is 10.7 Å². The van der Waals surface area contributed by atoms with Crippen molar-refractivity contribution in [3.05, 3.63) is 62.8 Å². The molecule has 0 radical (unpaired) electrons. The van der Waals surface area contributed by atoms with Crippen LogP contribution in [0.2, 0.25) is 0 Å². The van der Waals surface area contributed by atoms with Crippen LogP contribution in [0, 0.1) is 10.1 Å². The summed E-state index contributed by atoms with van der Waals surface area (Å²) in [6.07, 6.45) is 1.53. The molecule has 1 aromatic carbocycles. The number of nitrogens with zero attached hydrogens (tertiary/aromatic N) is 3. The van der Waals surface area contributed by atoms with Crippen molar-refractivity contribution in [1.82, 2.24) is 9.55 Å². The molecule has 0 spiro atoms. The second-order valence-electron chi connectivity index (χ2n) is 4.39. The first kappa shape index (κ1) is 12.9. The number of pyridine rings is 1. The number of nitrogens with two attached hydrogens (primary N) is 1. The number of hydrogen-bond donors (Lipinski definition) is 1. The summed E-state index contributed by atoms with van der Waals surface area (Å²) in [5.41, 5.74) is 6.80. The molecule has 0 saturated heterocycles. The Bertz CT molecular complexity index is 897. The minimum Gasteiger partial charge on any atom is -0.406 e. The number of para-hydroxylation sites is 1. The molecular formula is C13H10N4O4. The first-order valence-corrected chi connectivity index (χ1v) is 6.04. The highest BCUT2D eigenvalue weighted by Crippen LogP contribution is 2.25. The van der Waals surface area contributed by atoms with Gasteiger partial charge < -0.3 is 10.2 Å². The highest BCUT2D eigenvalue weighted by molar-refractivity contribution is 5.68. The molecule has 0 atom stereocenters. The Labute approximate surface area is 117 Å². The molecule has 2 aromatic heterocycles. The van der Waals surface area contributed by atoms with Crippen molar-refractivity contribution < 1.29 is 9.34 Å². The molecule has 0 aliphatic heterocycles. The summed E-state index contributed by atoms with van der Waals surface area (Å²) in [4.78, 5) is 26.3. The second kappa shape index (κ2) is 4.75. The molecule has 106 valence electrons. The highest BCUT2D eigenvalue weighted by Gasteiger charge is 2.17. The fraction of sp³-hybridized carbons (Fsp3) is 0.0769. The standard InChI is InChI=1S/C13H10N4O4/c14-11-8(3-1-4-9(11)17(19)20)7-16-12-10(21-13(16)18)5-2-6-15-12/h1-6H,7,14H2. The Morgan fingerprint density at radius 1 is 1.33 bits per heavy atom. The van der Waals surface area contributed by atoms with Gasteiger partial charge in [-0.2, -0.15) is 0 Å². The Balaban J connectivity index is 2.11. The number of anilines is 1. The Hall–Kier alpha value is -3.16. The van der Waals surface area contributed by atoms with E-state index in [0.717, 1.165) is 0 Å². The number of nitro benzene ring substituents is 1. The van der Waals surface area contributed by atoms with Crippen LogP contribution >= 0.6 is 0 Å². The SMILES string of the molecule is Nc1c(Cn2c(=O)oc3cccnc32)cccc1[N+](=O)[O-]. The van der Waals surface area contributed by atoms with E-state index in [9.17, 15) is 14.9 Å². The monoisotopic (exact) mass is 286 g/mol. The van der Waals surface area contributed by atoms with Crippen molar-refractivity contribution in [3.63, 3.8) is 0 Å². The number of oxazole rings is 1. The number of hydrogen-bond acceptors (Lipinski definition) is 6. The fourth-order valence-electron chi connectivity index (χ4n) is 2.11. The van der Waals surface area contributed by atoms with Crippen molar-refractivity contribution in [2.75, 3.05) is 5.73 Å². The van der Waals surface area contributed by atoms with E-state index in [1.54, 1.807) is 18.2 Å². The molecule has 0 aliphatic carbocycles. The molecule has 3 rings (SSSR count). The third kappa shape index (κ3) is 2.12. The number of rotatable bonds is 3. The van der Waals surface area contributed by atoms with Crippen molar-refractivity contribution in [3.8, 4) is 0 Å². The van der Waals surface area contributed by atoms with Gasteiger partial charge in [0, 0.05) is 17.8 Å². The van der Waals surface area contributed by atoms with E-state index in [2.05, 4.69) is 4.98 Å². The van der Waals surface area contributed by atoms with Crippen LogP contribution in [0.5, 0.6) is 0 Å². The van der Waals surface area contributed by atoms with Gasteiger partial charge in [0.15, 0.2) is 11.2 Å². The topological polar surface area (TPSA) is 117 Å².